The van der Waals surface area contributed by atoms with Crippen molar-refractivity contribution in [3.05, 3.63) is 0 Å². The summed E-state index contributed by atoms with van der Waals surface area (Å²) in [4.78, 5) is 28.5. The zero-order valence-electron chi connectivity index (χ0n) is 16.0. The van der Waals surface area contributed by atoms with Crippen LogP contribution in [-0.4, -0.2) is 83.7 Å². The van der Waals surface area contributed by atoms with Crippen LogP contribution < -0.4 is 10.6 Å². The maximum atomic E-state index is 12.5. The van der Waals surface area contributed by atoms with Crippen LogP contribution in [0.5, 0.6) is 0 Å². The van der Waals surface area contributed by atoms with Crippen LogP contribution in [0.4, 0.5) is 0 Å². The molecular weight excluding hydrogens is 332 g/mol. The first kappa shape index (κ1) is 19.6. The summed E-state index contributed by atoms with van der Waals surface area (Å²) < 4.78 is 0. The molecule has 2 saturated heterocycles. The van der Waals surface area contributed by atoms with Gasteiger partial charge in [-0.1, -0.05) is 19.3 Å². The number of piperidine rings is 1. The van der Waals surface area contributed by atoms with Crippen LogP contribution in [-0.2, 0) is 9.59 Å². The van der Waals surface area contributed by atoms with Gasteiger partial charge in [-0.05, 0) is 45.7 Å². The van der Waals surface area contributed by atoms with Crippen molar-refractivity contribution in [2.75, 3.05) is 39.3 Å². The molecule has 26 heavy (non-hydrogen) atoms. The van der Waals surface area contributed by atoms with Crippen LogP contribution in [0, 0.1) is 0 Å². The number of carboxylic acids is 1. The minimum atomic E-state index is -1.06. The standard InChI is InChI=1S/C19H34N4O3/c1-18(17(25)26,19(21-15-24)7-3-2-4-8-19)23-13-11-22(12-14-23)16-5-9-20-10-6-16/h15-16,20H,2-14H2,1H3,(H,21,24)(H,25,26). The van der Waals surface area contributed by atoms with E-state index in [9.17, 15) is 14.7 Å². The molecular formula is C19H34N4O3. The van der Waals surface area contributed by atoms with E-state index in [1.54, 1.807) is 0 Å². The predicted molar refractivity (Wildman–Crippen MR) is 100 cm³/mol. The maximum absolute atomic E-state index is 12.5. The molecule has 0 aromatic carbocycles. The summed E-state index contributed by atoms with van der Waals surface area (Å²) in [5.41, 5.74) is -1.73. The van der Waals surface area contributed by atoms with E-state index >= 15 is 0 Å². The molecule has 0 aromatic heterocycles. The van der Waals surface area contributed by atoms with Crippen molar-refractivity contribution in [3.8, 4) is 0 Å². The Morgan fingerprint density at radius 3 is 2.31 bits per heavy atom. The van der Waals surface area contributed by atoms with Crippen LogP contribution in [0.3, 0.4) is 0 Å². The minimum absolute atomic E-state index is 0.617. The van der Waals surface area contributed by atoms with Crippen molar-refractivity contribution < 1.29 is 14.7 Å². The zero-order chi connectivity index (χ0) is 18.6. The molecule has 0 aromatic rings. The second kappa shape index (κ2) is 8.23. The molecule has 3 fully saturated rings. The average Bonchev–Trinajstić information content (AvgIpc) is 2.69. The Labute approximate surface area is 156 Å². The Hall–Kier alpha value is -1.18. The Bertz CT molecular complexity index is 495. The highest BCUT2D eigenvalue weighted by Crippen LogP contribution is 2.41. The molecule has 7 nitrogen and oxygen atoms in total. The molecule has 2 heterocycles. The molecule has 7 heteroatoms. The van der Waals surface area contributed by atoms with Crippen molar-refractivity contribution >= 4 is 12.4 Å². The molecule has 1 saturated carbocycles. The van der Waals surface area contributed by atoms with Crippen molar-refractivity contribution in [3.63, 3.8) is 0 Å². The third-order valence-corrected chi connectivity index (χ3v) is 7.16. The van der Waals surface area contributed by atoms with E-state index in [0.717, 1.165) is 71.4 Å². The first-order valence-corrected chi connectivity index (χ1v) is 10.2. The first-order chi connectivity index (χ1) is 12.5. The third-order valence-electron chi connectivity index (χ3n) is 7.16. The van der Waals surface area contributed by atoms with E-state index in [1.807, 2.05) is 6.92 Å². The normalized spacial score (nSPS) is 28.2. The van der Waals surface area contributed by atoms with Gasteiger partial charge in [0.25, 0.3) is 0 Å². The average molecular weight is 367 g/mol. The largest absolute Gasteiger partial charge is 0.480 e. The number of carboxylic acid groups (broad SMARTS) is 1. The third kappa shape index (κ3) is 3.49. The van der Waals surface area contributed by atoms with Gasteiger partial charge in [-0.15, -0.1) is 0 Å². The van der Waals surface area contributed by atoms with E-state index in [-0.39, 0.29) is 0 Å². The monoisotopic (exact) mass is 366 g/mol. The topological polar surface area (TPSA) is 84.9 Å². The predicted octanol–water partition coefficient (Wildman–Crippen LogP) is 0.648. The van der Waals surface area contributed by atoms with Gasteiger partial charge in [0.15, 0.2) is 0 Å². The second-order valence-electron chi connectivity index (χ2n) is 8.29. The van der Waals surface area contributed by atoms with Gasteiger partial charge in [0.05, 0.1) is 5.54 Å². The summed E-state index contributed by atoms with van der Waals surface area (Å²) in [6.45, 7) is 7.28. The summed E-state index contributed by atoms with van der Waals surface area (Å²) >= 11 is 0. The maximum Gasteiger partial charge on any atom is 0.326 e. The van der Waals surface area contributed by atoms with Crippen molar-refractivity contribution in [2.24, 2.45) is 0 Å². The van der Waals surface area contributed by atoms with Crippen LogP contribution in [0.1, 0.15) is 51.9 Å². The first-order valence-electron chi connectivity index (χ1n) is 10.2. The molecule has 0 spiro atoms. The number of carbonyl (C=O) groups is 2. The number of nitrogens with one attached hydrogen (secondary N) is 2. The number of aliphatic carboxylic acids is 1. The summed E-state index contributed by atoms with van der Waals surface area (Å²) in [6, 6.07) is 0.617. The van der Waals surface area contributed by atoms with E-state index in [4.69, 9.17) is 0 Å². The van der Waals surface area contributed by atoms with Crippen LogP contribution in [0.15, 0.2) is 0 Å². The number of carbonyl (C=O) groups excluding carboxylic acids is 1. The number of nitrogens with zero attached hydrogens (tertiary/aromatic N) is 2. The molecule has 1 atom stereocenters. The molecule has 3 aliphatic rings. The van der Waals surface area contributed by atoms with Gasteiger partial charge in [-0.3, -0.25) is 19.4 Å². The lowest BCUT2D eigenvalue weighted by Gasteiger charge is -2.55. The highest BCUT2D eigenvalue weighted by molar-refractivity contribution is 5.81. The lowest BCUT2D eigenvalue weighted by Crippen LogP contribution is -2.74. The Kier molecular flexibility index (Phi) is 6.20. The van der Waals surface area contributed by atoms with Crippen LogP contribution in [0.25, 0.3) is 0 Å². The SMILES string of the molecule is CC(C(=O)O)(N1CCN(C2CCNCC2)CC1)C1(NC=O)CCCCC1. The summed E-state index contributed by atoms with van der Waals surface area (Å²) in [5, 5.41) is 16.6. The lowest BCUT2D eigenvalue weighted by molar-refractivity contribution is -0.162. The van der Waals surface area contributed by atoms with Gasteiger partial charge < -0.3 is 15.7 Å². The van der Waals surface area contributed by atoms with Crippen molar-refractivity contribution in [1.29, 1.82) is 0 Å². The molecule has 1 unspecified atom stereocenters. The van der Waals surface area contributed by atoms with Gasteiger partial charge in [0, 0.05) is 32.2 Å². The fourth-order valence-electron chi connectivity index (χ4n) is 5.39. The summed E-state index contributed by atoms with van der Waals surface area (Å²) in [6.07, 6.45) is 7.59. The van der Waals surface area contributed by atoms with Crippen molar-refractivity contribution in [2.45, 2.75) is 69.0 Å². The van der Waals surface area contributed by atoms with Crippen LogP contribution in [0.2, 0.25) is 0 Å². The van der Waals surface area contributed by atoms with Gasteiger partial charge >= 0.3 is 5.97 Å². The van der Waals surface area contributed by atoms with Gasteiger partial charge in [0.1, 0.15) is 5.54 Å². The van der Waals surface area contributed by atoms with Gasteiger partial charge in [0.2, 0.25) is 6.41 Å². The number of rotatable bonds is 6. The number of hydrogen-bond acceptors (Lipinski definition) is 5. The molecule has 148 valence electrons. The van der Waals surface area contributed by atoms with E-state index < -0.39 is 17.0 Å². The summed E-state index contributed by atoms with van der Waals surface area (Å²) in [5.74, 6) is -0.816. The Balaban J connectivity index is 1.75. The summed E-state index contributed by atoms with van der Waals surface area (Å²) in [7, 11) is 0. The van der Waals surface area contributed by atoms with E-state index in [2.05, 4.69) is 20.4 Å². The van der Waals surface area contributed by atoms with Crippen LogP contribution >= 0.6 is 0 Å². The molecule has 0 bridgehead atoms. The Morgan fingerprint density at radius 2 is 1.77 bits per heavy atom. The quantitative estimate of drug-likeness (QED) is 0.599. The number of amides is 1. The zero-order valence-corrected chi connectivity index (χ0v) is 16.0. The molecule has 3 rings (SSSR count). The number of hydrogen-bond donors (Lipinski definition) is 3. The second-order valence-corrected chi connectivity index (χ2v) is 8.29. The highest BCUT2D eigenvalue weighted by Gasteiger charge is 2.57. The Morgan fingerprint density at radius 1 is 1.15 bits per heavy atom. The fourth-order valence-corrected chi connectivity index (χ4v) is 5.39. The van der Waals surface area contributed by atoms with E-state index in [0.29, 0.717) is 12.5 Å². The molecule has 1 aliphatic carbocycles. The van der Waals surface area contributed by atoms with Crippen molar-refractivity contribution in [1.82, 2.24) is 20.4 Å². The molecule has 1 amide bonds. The molecule has 3 N–H and O–H groups in total. The van der Waals surface area contributed by atoms with Gasteiger partial charge in [-0.25, -0.2) is 0 Å². The smallest absolute Gasteiger partial charge is 0.326 e. The van der Waals surface area contributed by atoms with Gasteiger partial charge in [-0.2, -0.15) is 0 Å². The molecule has 2 aliphatic heterocycles. The highest BCUT2D eigenvalue weighted by atomic mass is 16.4. The fraction of sp³-hybridized carbons (Fsp3) is 0.895. The lowest BCUT2D eigenvalue weighted by atomic mass is 9.67. The number of piperazine rings is 1. The molecule has 0 radical (unpaired) electrons. The minimum Gasteiger partial charge on any atom is -0.480 e. The van der Waals surface area contributed by atoms with E-state index in [1.165, 1.54) is 12.8 Å².